The zero-order valence-electron chi connectivity index (χ0n) is 14.3. The second-order valence-electron chi connectivity index (χ2n) is 6.23. The molecule has 2 aliphatic heterocycles. The highest BCUT2D eigenvalue weighted by molar-refractivity contribution is 8.15. The van der Waals surface area contributed by atoms with Crippen molar-refractivity contribution in [3.63, 3.8) is 0 Å². The second-order valence-corrected chi connectivity index (χ2v) is 9.59. The number of aliphatic imine (C=N–C) groups is 1. The number of ether oxygens (including phenoxy) is 1. The van der Waals surface area contributed by atoms with Gasteiger partial charge < -0.3 is 9.64 Å². The van der Waals surface area contributed by atoms with Crippen molar-refractivity contribution in [1.29, 1.82) is 0 Å². The van der Waals surface area contributed by atoms with Gasteiger partial charge in [0, 0.05) is 18.2 Å². The van der Waals surface area contributed by atoms with Crippen LogP contribution in [0.15, 0.2) is 29.3 Å². The molecule has 1 aromatic carbocycles. The van der Waals surface area contributed by atoms with Gasteiger partial charge in [-0.1, -0.05) is 30.8 Å². The maximum absolute atomic E-state index is 12.0. The van der Waals surface area contributed by atoms with Crippen molar-refractivity contribution in [2.24, 2.45) is 4.99 Å². The van der Waals surface area contributed by atoms with Crippen LogP contribution in [0.5, 0.6) is 5.75 Å². The number of thioether (sulfide) groups is 1. The van der Waals surface area contributed by atoms with Gasteiger partial charge in [0.15, 0.2) is 15.0 Å². The molecule has 0 aliphatic carbocycles. The van der Waals surface area contributed by atoms with E-state index in [1.165, 1.54) is 11.8 Å². The Morgan fingerprint density at radius 1 is 1.32 bits per heavy atom. The number of carbonyl (C=O) groups is 1. The number of carbonyl (C=O) groups excluding carboxylic acids is 1. The van der Waals surface area contributed by atoms with Crippen molar-refractivity contribution in [1.82, 2.24) is 4.90 Å². The number of nitrogens with zero attached hydrogens (tertiary/aromatic N) is 2. The van der Waals surface area contributed by atoms with Crippen molar-refractivity contribution in [3.05, 3.63) is 29.8 Å². The summed E-state index contributed by atoms with van der Waals surface area (Å²) in [5, 5.41) is 0.648. The molecule has 0 saturated carbocycles. The lowest BCUT2D eigenvalue weighted by molar-refractivity contribution is -0.117. The predicted molar refractivity (Wildman–Crippen MR) is 100.0 cm³/mol. The first kappa shape index (κ1) is 18.3. The van der Waals surface area contributed by atoms with Crippen LogP contribution >= 0.6 is 11.8 Å². The normalized spacial score (nSPS) is 26.0. The summed E-state index contributed by atoms with van der Waals surface area (Å²) in [7, 11) is -1.38. The molecule has 136 valence electrons. The van der Waals surface area contributed by atoms with Crippen LogP contribution in [0, 0.1) is 0 Å². The lowest BCUT2D eigenvalue weighted by Gasteiger charge is -2.24. The Labute approximate surface area is 152 Å². The summed E-state index contributed by atoms with van der Waals surface area (Å²) in [4.78, 5) is 18.0. The number of fused-ring (bicyclic) bond motifs is 1. The molecule has 2 fully saturated rings. The van der Waals surface area contributed by atoms with Crippen molar-refractivity contribution in [2.75, 3.05) is 25.2 Å². The van der Waals surface area contributed by atoms with Crippen LogP contribution < -0.4 is 4.74 Å². The Balaban J connectivity index is 1.76. The number of rotatable bonds is 5. The highest BCUT2D eigenvalue weighted by Gasteiger charge is 2.48. The summed E-state index contributed by atoms with van der Waals surface area (Å²) < 4.78 is 29.1. The quantitative estimate of drug-likeness (QED) is 0.772. The molecule has 8 heteroatoms. The van der Waals surface area contributed by atoms with Gasteiger partial charge in [0.1, 0.15) is 5.75 Å². The van der Waals surface area contributed by atoms with Crippen molar-refractivity contribution < 1.29 is 17.9 Å². The Kier molecular flexibility index (Phi) is 5.38. The van der Waals surface area contributed by atoms with Gasteiger partial charge in [-0.3, -0.25) is 4.79 Å². The van der Waals surface area contributed by atoms with Crippen LogP contribution in [0.1, 0.15) is 18.9 Å². The maximum atomic E-state index is 12.0. The van der Waals surface area contributed by atoms with Gasteiger partial charge in [0.25, 0.3) is 0 Å². The molecule has 2 heterocycles. The fourth-order valence-corrected chi connectivity index (χ4v) is 7.12. The van der Waals surface area contributed by atoms with Gasteiger partial charge in [-0.25, -0.2) is 8.42 Å². The van der Waals surface area contributed by atoms with Gasteiger partial charge in [-0.2, -0.15) is 4.99 Å². The molecule has 0 spiro atoms. The Bertz CT molecular complexity index is 774. The molecule has 2 aliphatic rings. The van der Waals surface area contributed by atoms with E-state index in [0.29, 0.717) is 18.1 Å². The van der Waals surface area contributed by atoms with Crippen LogP contribution in [0.25, 0.3) is 0 Å². The average Bonchev–Trinajstić information content (AvgIpc) is 3.04. The van der Waals surface area contributed by atoms with E-state index in [1.807, 2.05) is 29.2 Å². The van der Waals surface area contributed by atoms with Gasteiger partial charge in [0.05, 0.1) is 24.7 Å². The van der Waals surface area contributed by atoms with E-state index in [0.717, 1.165) is 17.7 Å². The van der Waals surface area contributed by atoms with E-state index in [-0.39, 0.29) is 28.7 Å². The third kappa shape index (κ3) is 4.17. The molecule has 25 heavy (non-hydrogen) atoms. The molecule has 1 aromatic rings. The van der Waals surface area contributed by atoms with Gasteiger partial charge in [0.2, 0.25) is 5.91 Å². The van der Waals surface area contributed by atoms with Crippen molar-refractivity contribution >= 4 is 32.7 Å². The van der Waals surface area contributed by atoms with Crippen molar-refractivity contribution in [3.8, 4) is 5.75 Å². The second kappa shape index (κ2) is 7.37. The SMILES string of the molecule is CCC(=O)N=C1S[C@@H]2CS(=O)(=O)C[C@@H]2N1CCc1ccc(OC)cc1. The molecule has 0 aromatic heterocycles. The zero-order valence-corrected chi connectivity index (χ0v) is 16.0. The number of amidine groups is 1. The zero-order chi connectivity index (χ0) is 18.0. The fraction of sp³-hybridized carbons (Fsp3) is 0.529. The summed E-state index contributed by atoms with van der Waals surface area (Å²) in [6.07, 6.45) is 1.11. The van der Waals surface area contributed by atoms with Crippen LogP contribution in [0.4, 0.5) is 0 Å². The smallest absolute Gasteiger partial charge is 0.247 e. The van der Waals surface area contributed by atoms with E-state index in [9.17, 15) is 13.2 Å². The predicted octanol–water partition coefficient (Wildman–Crippen LogP) is 1.74. The summed E-state index contributed by atoms with van der Waals surface area (Å²) in [5.74, 6) is 0.950. The molecule has 2 saturated heterocycles. The fourth-order valence-electron chi connectivity index (χ4n) is 3.12. The Hall–Kier alpha value is -1.54. The summed E-state index contributed by atoms with van der Waals surface area (Å²) in [6, 6.07) is 7.73. The Morgan fingerprint density at radius 2 is 2.04 bits per heavy atom. The largest absolute Gasteiger partial charge is 0.497 e. The molecule has 0 radical (unpaired) electrons. The minimum absolute atomic E-state index is 0.0238. The highest BCUT2D eigenvalue weighted by Crippen LogP contribution is 2.38. The van der Waals surface area contributed by atoms with E-state index in [2.05, 4.69) is 4.99 Å². The lowest BCUT2D eigenvalue weighted by atomic mass is 10.1. The molecular weight excluding hydrogens is 360 g/mol. The first-order valence-electron chi connectivity index (χ1n) is 8.30. The third-order valence-corrected chi connectivity index (χ3v) is 7.75. The van der Waals surface area contributed by atoms with Gasteiger partial charge in [-0.05, 0) is 24.1 Å². The number of hydrogen-bond acceptors (Lipinski definition) is 5. The minimum Gasteiger partial charge on any atom is -0.497 e. The van der Waals surface area contributed by atoms with Crippen LogP contribution in [0.2, 0.25) is 0 Å². The number of methoxy groups -OCH3 is 1. The third-order valence-electron chi connectivity index (χ3n) is 4.50. The van der Waals surface area contributed by atoms with Crippen LogP contribution in [-0.4, -0.2) is 60.8 Å². The maximum Gasteiger partial charge on any atom is 0.247 e. The molecular formula is C17H22N2O4S2. The molecule has 0 N–H and O–H groups in total. The highest BCUT2D eigenvalue weighted by atomic mass is 32.2. The van der Waals surface area contributed by atoms with Gasteiger partial charge in [-0.15, -0.1) is 0 Å². The summed E-state index contributed by atoms with van der Waals surface area (Å²) in [6.45, 7) is 2.42. The van der Waals surface area contributed by atoms with Crippen molar-refractivity contribution in [2.45, 2.75) is 31.1 Å². The number of amides is 1. The number of sulfone groups is 1. The Morgan fingerprint density at radius 3 is 2.68 bits per heavy atom. The first-order chi connectivity index (χ1) is 11.9. The van der Waals surface area contributed by atoms with E-state index in [4.69, 9.17) is 4.74 Å². The summed E-state index contributed by atoms with van der Waals surface area (Å²) in [5.41, 5.74) is 1.14. The summed E-state index contributed by atoms with van der Waals surface area (Å²) >= 11 is 1.43. The van der Waals surface area contributed by atoms with Gasteiger partial charge >= 0.3 is 0 Å². The standard InChI is InChI=1S/C17H22N2O4S2/c1-3-16(20)18-17-19(14-10-25(21,22)11-15(14)24-17)9-8-12-4-6-13(23-2)7-5-12/h4-7,14-15H,3,8-11H2,1-2H3/t14-,15+/m0/s1. The molecule has 0 unspecified atom stereocenters. The number of hydrogen-bond donors (Lipinski definition) is 0. The molecule has 3 rings (SSSR count). The molecule has 1 amide bonds. The monoisotopic (exact) mass is 382 g/mol. The number of benzene rings is 1. The molecule has 2 atom stereocenters. The van der Waals surface area contributed by atoms with E-state index in [1.54, 1.807) is 14.0 Å². The lowest BCUT2D eigenvalue weighted by Crippen LogP contribution is -2.39. The first-order valence-corrected chi connectivity index (χ1v) is 11.0. The van der Waals surface area contributed by atoms with E-state index < -0.39 is 9.84 Å². The minimum atomic E-state index is -3.01. The molecule has 6 nitrogen and oxygen atoms in total. The van der Waals surface area contributed by atoms with E-state index >= 15 is 0 Å². The average molecular weight is 383 g/mol. The molecule has 0 bridgehead atoms. The topological polar surface area (TPSA) is 76.0 Å². The van der Waals surface area contributed by atoms with Crippen LogP contribution in [-0.2, 0) is 21.1 Å². The van der Waals surface area contributed by atoms with Crippen LogP contribution in [0.3, 0.4) is 0 Å².